The first-order valence-electron chi connectivity index (χ1n) is 4.19. The lowest BCUT2D eigenvalue weighted by atomic mass is 10.1. The second-order valence-electron chi connectivity index (χ2n) is 2.82. The largest absolute Gasteiger partial charge is 0.478 e. The normalized spacial score (nSPS) is 15.7. The lowest BCUT2D eigenvalue weighted by Gasteiger charge is -2.25. The molecule has 1 rings (SSSR count). The maximum absolute atomic E-state index is 10.7. The molecule has 0 spiro atoms. The first kappa shape index (κ1) is 10.1. The number of carboxylic acids is 1. The van der Waals surface area contributed by atoms with Gasteiger partial charge in [-0.3, -0.25) is 0 Å². The summed E-state index contributed by atoms with van der Waals surface area (Å²) >= 11 is 0. The molecule has 0 aromatic heterocycles. The van der Waals surface area contributed by atoms with Crippen molar-refractivity contribution in [3.8, 4) is 12.3 Å². The zero-order valence-corrected chi connectivity index (χ0v) is 7.95. The Labute approximate surface area is 83.0 Å². The first-order chi connectivity index (χ1) is 6.60. The number of rotatable bonds is 2. The van der Waals surface area contributed by atoms with Crippen LogP contribution in [-0.2, 0) is 4.79 Å². The van der Waals surface area contributed by atoms with Crippen LogP contribution in [0.4, 0.5) is 0 Å². The average Bonchev–Trinajstić information content (AvgIpc) is 2.17. The van der Waals surface area contributed by atoms with E-state index in [4.69, 9.17) is 11.5 Å². The molecular weight excluding hydrogens is 178 g/mol. The van der Waals surface area contributed by atoms with Gasteiger partial charge in [-0.25, -0.2) is 4.79 Å². The molecular formula is C11H11NO2. The fourth-order valence-corrected chi connectivity index (χ4v) is 1.20. The molecule has 0 aromatic carbocycles. The van der Waals surface area contributed by atoms with Gasteiger partial charge in [0.2, 0.25) is 0 Å². The third kappa shape index (κ3) is 1.69. The lowest BCUT2D eigenvalue weighted by molar-refractivity contribution is -0.132. The molecule has 1 aliphatic rings. The van der Waals surface area contributed by atoms with Crippen LogP contribution in [-0.4, -0.2) is 22.5 Å². The predicted octanol–water partition coefficient (Wildman–Crippen LogP) is 1.36. The van der Waals surface area contributed by atoms with Gasteiger partial charge in [0.1, 0.15) is 0 Å². The van der Waals surface area contributed by atoms with E-state index in [9.17, 15) is 4.79 Å². The highest BCUT2D eigenvalue weighted by Gasteiger charge is 2.17. The summed E-state index contributed by atoms with van der Waals surface area (Å²) in [6.07, 6.45) is 8.24. The summed E-state index contributed by atoms with van der Waals surface area (Å²) < 4.78 is 0. The van der Waals surface area contributed by atoms with Gasteiger partial charge < -0.3 is 10.0 Å². The molecule has 0 aliphatic carbocycles. The van der Waals surface area contributed by atoms with Gasteiger partial charge in [0, 0.05) is 24.0 Å². The molecule has 0 aromatic rings. The highest BCUT2D eigenvalue weighted by atomic mass is 16.4. The van der Waals surface area contributed by atoms with E-state index in [0.29, 0.717) is 17.8 Å². The Morgan fingerprint density at radius 2 is 2.43 bits per heavy atom. The summed E-state index contributed by atoms with van der Waals surface area (Å²) in [6.45, 7) is 6.34. The highest BCUT2D eigenvalue weighted by Crippen LogP contribution is 2.21. The number of carboxylic acid groups (broad SMARTS) is 1. The molecule has 0 fully saturated rings. The number of carbonyl (C=O) groups is 1. The molecule has 0 bridgehead atoms. The van der Waals surface area contributed by atoms with Crippen LogP contribution in [0.15, 0.2) is 35.7 Å². The van der Waals surface area contributed by atoms with Crippen molar-refractivity contribution in [3.05, 3.63) is 35.7 Å². The summed E-state index contributed by atoms with van der Waals surface area (Å²) in [5.41, 5.74) is 1.37. The van der Waals surface area contributed by atoms with Crippen molar-refractivity contribution in [1.82, 2.24) is 4.90 Å². The molecule has 0 saturated heterocycles. The van der Waals surface area contributed by atoms with E-state index in [1.807, 2.05) is 6.92 Å². The molecule has 1 N–H and O–H groups in total. The van der Waals surface area contributed by atoms with E-state index in [1.165, 1.54) is 12.3 Å². The molecule has 1 heterocycles. The maximum Gasteiger partial charge on any atom is 0.337 e. The number of aliphatic carboxylic acids is 1. The molecule has 0 saturated carbocycles. The summed E-state index contributed by atoms with van der Waals surface area (Å²) in [4.78, 5) is 12.5. The minimum Gasteiger partial charge on any atom is -0.478 e. The smallest absolute Gasteiger partial charge is 0.337 e. The maximum atomic E-state index is 10.7. The minimum atomic E-state index is -0.983. The Morgan fingerprint density at radius 1 is 1.79 bits per heavy atom. The van der Waals surface area contributed by atoms with E-state index in [1.54, 1.807) is 4.90 Å². The Bertz CT molecular complexity index is 383. The molecule has 1 aliphatic heterocycles. The van der Waals surface area contributed by atoms with Gasteiger partial charge in [0.15, 0.2) is 0 Å². The van der Waals surface area contributed by atoms with E-state index < -0.39 is 5.97 Å². The SMILES string of the molecule is C#CC1=CC(C(=O)O)=CN(CC)C1=C. The van der Waals surface area contributed by atoms with Gasteiger partial charge in [0.05, 0.1) is 5.57 Å². The number of hydrogen-bond donors (Lipinski definition) is 1. The Balaban J connectivity index is 3.13. The van der Waals surface area contributed by atoms with Crippen LogP contribution < -0.4 is 0 Å². The van der Waals surface area contributed by atoms with Crippen LogP contribution >= 0.6 is 0 Å². The molecule has 0 amide bonds. The summed E-state index contributed by atoms with van der Waals surface area (Å²) in [5.74, 6) is 1.44. The van der Waals surface area contributed by atoms with Gasteiger partial charge in [-0.1, -0.05) is 12.5 Å². The quantitative estimate of drug-likeness (QED) is 0.667. The molecule has 0 atom stereocenters. The molecule has 14 heavy (non-hydrogen) atoms. The van der Waals surface area contributed by atoms with Gasteiger partial charge >= 0.3 is 5.97 Å². The predicted molar refractivity (Wildman–Crippen MR) is 54.2 cm³/mol. The highest BCUT2D eigenvalue weighted by molar-refractivity contribution is 5.91. The summed E-state index contributed by atoms with van der Waals surface area (Å²) in [5, 5.41) is 8.81. The minimum absolute atomic E-state index is 0.187. The number of terminal acetylenes is 1. The van der Waals surface area contributed by atoms with Crippen molar-refractivity contribution in [3.63, 3.8) is 0 Å². The van der Waals surface area contributed by atoms with E-state index in [2.05, 4.69) is 12.5 Å². The van der Waals surface area contributed by atoms with Gasteiger partial charge in [-0.2, -0.15) is 0 Å². The fraction of sp³-hybridized carbons (Fsp3) is 0.182. The molecule has 3 nitrogen and oxygen atoms in total. The van der Waals surface area contributed by atoms with Crippen molar-refractivity contribution in [2.75, 3.05) is 6.54 Å². The van der Waals surface area contributed by atoms with Crippen LogP contribution in [0, 0.1) is 12.3 Å². The number of likely N-dealkylation sites (N-methyl/N-ethyl adjacent to an activating group) is 1. The standard InChI is InChI=1S/C11H11NO2/c1-4-9-6-10(11(13)14)7-12(5-2)8(9)3/h1,6-7H,3,5H2,2H3,(H,13,14). The molecule has 0 radical (unpaired) electrons. The first-order valence-corrected chi connectivity index (χ1v) is 4.19. The van der Waals surface area contributed by atoms with Gasteiger partial charge in [-0.05, 0) is 13.0 Å². The lowest BCUT2D eigenvalue weighted by Crippen LogP contribution is -2.22. The fourth-order valence-electron chi connectivity index (χ4n) is 1.20. The van der Waals surface area contributed by atoms with Crippen molar-refractivity contribution >= 4 is 5.97 Å². The van der Waals surface area contributed by atoms with Crippen molar-refractivity contribution < 1.29 is 9.90 Å². The van der Waals surface area contributed by atoms with Crippen LogP contribution in [0.25, 0.3) is 0 Å². The molecule has 72 valence electrons. The number of nitrogens with zero attached hydrogens (tertiary/aromatic N) is 1. The van der Waals surface area contributed by atoms with Crippen LogP contribution in [0.3, 0.4) is 0 Å². The Morgan fingerprint density at radius 3 is 2.86 bits per heavy atom. The molecule has 3 heteroatoms. The van der Waals surface area contributed by atoms with E-state index >= 15 is 0 Å². The van der Waals surface area contributed by atoms with Crippen LogP contribution in [0.1, 0.15) is 6.92 Å². The van der Waals surface area contributed by atoms with E-state index in [0.717, 1.165) is 0 Å². The van der Waals surface area contributed by atoms with Gasteiger partial charge in [-0.15, -0.1) is 6.42 Å². The van der Waals surface area contributed by atoms with Crippen molar-refractivity contribution in [2.45, 2.75) is 6.92 Å². The number of hydrogen-bond acceptors (Lipinski definition) is 2. The van der Waals surface area contributed by atoms with Crippen molar-refractivity contribution in [1.29, 1.82) is 0 Å². The van der Waals surface area contributed by atoms with Crippen LogP contribution in [0.2, 0.25) is 0 Å². The zero-order valence-electron chi connectivity index (χ0n) is 7.95. The number of allylic oxidation sites excluding steroid dienone is 1. The third-order valence-corrected chi connectivity index (χ3v) is 2.00. The topological polar surface area (TPSA) is 40.5 Å². The summed E-state index contributed by atoms with van der Waals surface area (Å²) in [7, 11) is 0. The Kier molecular flexibility index (Phi) is 2.78. The van der Waals surface area contributed by atoms with E-state index in [-0.39, 0.29) is 5.57 Å². The van der Waals surface area contributed by atoms with Gasteiger partial charge in [0.25, 0.3) is 0 Å². The second kappa shape index (κ2) is 3.84. The second-order valence-corrected chi connectivity index (χ2v) is 2.82. The summed E-state index contributed by atoms with van der Waals surface area (Å²) in [6, 6.07) is 0. The molecule has 0 unspecified atom stereocenters. The van der Waals surface area contributed by atoms with Crippen LogP contribution in [0.5, 0.6) is 0 Å². The van der Waals surface area contributed by atoms with Crippen molar-refractivity contribution in [2.24, 2.45) is 0 Å². The third-order valence-electron chi connectivity index (χ3n) is 2.00. The zero-order chi connectivity index (χ0) is 10.7. The Hall–Kier alpha value is -1.95. The average molecular weight is 189 g/mol. The monoisotopic (exact) mass is 189 g/mol.